The Morgan fingerprint density at radius 3 is 2.35 bits per heavy atom. The Bertz CT molecular complexity index is 418. The molecular weight excluding hydrogens is 238 g/mol. The smallest absolute Gasteiger partial charge is 0.373 e. The number of esters is 1. The van der Waals surface area contributed by atoms with Crippen LogP contribution < -0.4 is 0 Å². The molecule has 0 aliphatic carbocycles. The van der Waals surface area contributed by atoms with Crippen LogP contribution in [-0.2, 0) is 9.53 Å². The van der Waals surface area contributed by atoms with Gasteiger partial charge in [0.1, 0.15) is 12.3 Å². The zero-order valence-electron chi connectivity index (χ0n) is 10.4. The highest BCUT2D eigenvalue weighted by Gasteiger charge is 2.20. The lowest BCUT2D eigenvalue weighted by Crippen LogP contribution is -2.28. The molecule has 0 atom stereocenters. The maximum Gasteiger partial charge on any atom is 0.373 e. The molecule has 0 radical (unpaired) electrons. The third kappa shape index (κ3) is 5.00. The van der Waals surface area contributed by atoms with Gasteiger partial charge in [0.15, 0.2) is 0 Å². The Balaban J connectivity index is 2.61. The summed E-state index contributed by atoms with van der Waals surface area (Å²) in [5.41, 5.74) is 0.345. The number of halogens is 1. The van der Waals surface area contributed by atoms with Crippen LogP contribution in [0.4, 0.5) is 5.69 Å². The van der Waals surface area contributed by atoms with E-state index >= 15 is 0 Å². The minimum atomic E-state index is -0.474. The molecule has 92 valence electrons. The van der Waals surface area contributed by atoms with Crippen LogP contribution in [0.25, 0.3) is 0 Å². The van der Waals surface area contributed by atoms with E-state index in [9.17, 15) is 4.79 Å². The molecule has 0 aromatic heterocycles. The summed E-state index contributed by atoms with van der Waals surface area (Å²) in [5, 5.41) is 0.652. The van der Waals surface area contributed by atoms with Gasteiger partial charge in [-0.2, -0.15) is 4.58 Å². The summed E-state index contributed by atoms with van der Waals surface area (Å²) in [4.78, 5) is 11.6. The molecule has 0 heterocycles. The predicted molar refractivity (Wildman–Crippen MR) is 69.2 cm³/mol. The lowest BCUT2D eigenvalue weighted by atomic mass is 10.2. The van der Waals surface area contributed by atoms with Crippen molar-refractivity contribution in [2.24, 2.45) is 0 Å². The number of hydrogen-bond donors (Lipinski definition) is 0. The van der Waals surface area contributed by atoms with Crippen molar-refractivity contribution < 1.29 is 14.1 Å². The van der Waals surface area contributed by atoms with Crippen LogP contribution in [-0.4, -0.2) is 29.4 Å². The van der Waals surface area contributed by atoms with Gasteiger partial charge in [-0.15, -0.1) is 0 Å². The molecule has 0 saturated heterocycles. The van der Waals surface area contributed by atoms with Gasteiger partial charge in [0.2, 0.25) is 12.2 Å². The second-order valence-electron chi connectivity index (χ2n) is 4.76. The molecule has 1 aromatic carbocycles. The molecule has 0 bridgehead atoms. The fourth-order valence-electron chi connectivity index (χ4n) is 1.27. The number of carbonyl (C=O) groups is 1. The monoisotopic (exact) mass is 254 g/mol. The molecular formula is C13H17ClNO2+. The van der Waals surface area contributed by atoms with E-state index in [2.05, 4.69) is 6.72 Å². The summed E-state index contributed by atoms with van der Waals surface area (Å²) in [5.74, 6) is -0.303. The van der Waals surface area contributed by atoms with Crippen molar-refractivity contribution in [3.05, 3.63) is 29.3 Å². The summed E-state index contributed by atoms with van der Waals surface area (Å²) < 4.78 is 6.78. The van der Waals surface area contributed by atoms with Crippen LogP contribution in [0.15, 0.2) is 24.3 Å². The maximum absolute atomic E-state index is 11.6. The first-order valence-corrected chi connectivity index (χ1v) is 5.71. The fraction of sp³-hybridized carbons (Fsp3) is 0.385. The SMILES string of the molecule is C=[N+](CC(=O)OC(C)(C)C)c1ccc(Cl)cc1. The average molecular weight is 255 g/mol. The van der Waals surface area contributed by atoms with Crippen LogP contribution in [0, 0.1) is 0 Å². The fourth-order valence-corrected chi connectivity index (χ4v) is 1.40. The van der Waals surface area contributed by atoms with E-state index in [4.69, 9.17) is 16.3 Å². The maximum atomic E-state index is 11.6. The zero-order chi connectivity index (χ0) is 13.1. The van der Waals surface area contributed by atoms with Gasteiger partial charge in [-0.3, -0.25) is 0 Å². The molecule has 4 heteroatoms. The van der Waals surface area contributed by atoms with Gasteiger partial charge in [0.05, 0.1) is 0 Å². The molecule has 0 fully saturated rings. The topological polar surface area (TPSA) is 29.3 Å². The standard InChI is InChI=1S/C13H17ClNO2/c1-13(2,3)17-12(16)9-15(4)11-7-5-10(14)6-8-11/h5-8H,4,9H2,1-3H3/q+1. The lowest BCUT2D eigenvalue weighted by Gasteiger charge is -2.18. The van der Waals surface area contributed by atoms with E-state index in [1.165, 1.54) is 0 Å². The van der Waals surface area contributed by atoms with Crippen LogP contribution in [0.5, 0.6) is 0 Å². The first-order chi connectivity index (χ1) is 7.78. The molecule has 0 N–H and O–H groups in total. The van der Waals surface area contributed by atoms with Crippen molar-refractivity contribution in [1.29, 1.82) is 0 Å². The van der Waals surface area contributed by atoms with E-state index in [1.54, 1.807) is 28.8 Å². The Morgan fingerprint density at radius 1 is 1.35 bits per heavy atom. The summed E-state index contributed by atoms with van der Waals surface area (Å²) in [6, 6.07) is 7.12. The van der Waals surface area contributed by atoms with Crippen molar-refractivity contribution in [3.63, 3.8) is 0 Å². The second-order valence-corrected chi connectivity index (χ2v) is 5.20. The van der Waals surface area contributed by atoms with E-state index in [-0.39, 0.29) is 12.5 Å². The largest absolute Gasteiger partial charge is 0.455 e. The van der Waals surface area contributed by atoms with Crippen molar-refractivity contribution in [2.75, 3.05) is 6.54 Å². The number of benzene rings is 1. The third-order valence-corrected chi connectivity index (χ3v) is 2.18. The number of nitrogens with zero attached hydrogens (tertiary/aromatic N) is 1. The van der Waals surface area contributed by atoms with Crippen molar-refractivity contribution in [1.82, 2.24) is 0 Å². The highest BCUT2D eigenvalue weighted by atomic mass is 35.5. The zero-order valence-corrected chi connectivity index (χ0v) is 11.1. The summed E-state index contributed by atoms with van der Waals surface area (Å²) in [6.45, 7) is 9.41. The first kappa shape index (κ1) is 13.7. The molecule has 0 spiro atoms. The minimum Gasteiger partial charge on any atom is -0.455 e. The van der Waals surface area contributed by atoms with E-state index in [0.29, 0.717) is 5.02 Å². The highest BCUT2D eigenvalue weighted by Crippen LogP contribution is 2.16. The molecule has 1 aromatic rings. The van der Waals surface area contributed by atoms with Gasteiger partial charge in [-0.25, -0.2) is 4.79 Å². The van der Waals surface area contributed by atoms with Gasteiger partial charge < -0.3 is 4.74 Å². The third-order valence-electron chi connectivity index (χ3n) is 1.93. The predicted octanol–water partition coefficient (Wildman–Crippen LogP) is 3.03. The molecule has 1 rings (SSSR count). The van der Waals surface area contributed by atoms with E-state index in [0.717, 1.165) is 5.69 Å². The molecule has 0 aliphatic heterocycles. The number of hydrogen-bond acceptors (Lipinski definition) is 2. The van der Waals surface area contributed by atoms with Crippen LogP contribution in [0.2, 0.25) is 5.02 Å². The lowest BCUT2D eigenvalue weighted by molar-refractivity contribution is -0.423. The van der Waals surface area contributed by atoms with Crippen molar-refractivity contribution >= 4 is 30.0 Å². The Hall–Kier alpha value is -1.35. The average Bonchev–Trinajstić information content (AvgIpc) is 2.15. The van der Waals surface area contributed by atoms with Gasteiger partial charge >= 0.3 is 5.97 Å². The highest BCUT2D eigenvalue weighted by molar-refractivity contribution is 6.30. The van der Waals surface area contributed by atoms with Crippen LogP contribution >= 0.6 is 11.6 Å². The van der Waals surface area contributed by atoms with Crippen LogP contribution in [0.1, 0.15) is 20.8 Å². The Morgan fingerprint density at radius 2 is 1.88 bits per heavy atom. The summed E-state index contributed by atoms with van der Waals surface area (Å²) >= 11 is 5.78. The van der Waals surface area contributed by atoms with Gasteiger partial charge in [-0.05, 0) is 32.9 Å². The Labute approximate surface area is 107 Å². The van der Waals surface area contributed by atoms with Gasteiger partial charge in [0.25, 0.3) is 0 Å². The number of ether oxygens (including phenoxy) is 1. The number of carbonyl (C=O) groups excluding carboxylic acids is 1. The molecule has 3 nitrogen and oxygen atoms in total. The molecule has 0 saturated carbocycles. The van der Waals surface area contributed by atoms with Crippen molar-refractivity contribution in [2.45, 2.75) is 26.4 Å². The van der Waals surface area contributed by atoms with Gasteiger partial charge in [0, 0.05) is 17.2 Å². The summed E-state index contributed by atoms with van der Waals surface area (Å²) in [7, 11) is 0. The van der Waals surface area contributed by atoms with Crippen molar-refractivity contribution in [3.8, 4) is 0 Å². The van der Waals surface area contributed by atoms with E-state index < -0.39 is 5.60 Å². The normalized spacial score (nSPS) is 11.1. The van der Waals surface area contributed by atoms with Gasteiger partial charge in [-0.1, -0.05) is 11.6 Å². The minimum absolute atomic E-state index is 0.110. The molecule has 0 amide bonds. The second kappa shape index (κ2) is 5.32. The summed E-state index contributed by atoms with van der Waals surface area (Å²) in [6.07, 6.45) is 0. The van der Waals surface area contributed by atoms with Crippen LogP contribution in [0.3, 0.4) is 0 Å². The molecule has 0 unspecified atom stereocenters. The first-order valence-electron chi connectivity index (χ1n) is 5.33. The Kier molecular flexibility index (Phi) is 4.29. The number of rotatable bonds is 3. The van der Waals surface area contributed by atoms with E-state index in [1.807, 2.05) is 20.8 Å². The molecule has 17 heavy (non-hydrogen) atoms. The quantitative estimate of drug-likeness (QED) is 0.471. The molecule has 0 aliphatic rings.